The maximum absolute atomic E-state index is 7.98. The smallest absolute Gasteiger partial charge is 0.113 e. The third kappa shape index (κ3) is 6.15. The number of aryl methyl sites for hydroxylation is 2. The van der Waals surface area contributed by atoms with E-state index in [1.807, 2.05) is 25.1 Å². The molecule has 4 nitrogen and oxygen atoms in total. The SMILES string of the molecule is Cc1ccc(NCC(=N)NCC(C)OCc2ccc(Cl)s2)cc1C. The van der Waals surface area contributed by atoms with Gasteiger partial charge in [0.2, 0.25) is 0 Å². The maximum Gasteiger partial charge on any atom is 0.113 e. The van der Waals surface area contributed by atoms with Crippen LogP contribution in [0.15, 0.2) is 30.3 Å². The summed E-state index contributed by atoms with van der Waals surface area (Å²) in [7, 11) is 0. The molecule has 6 heteroatoms. The van der Waals surface area contributed by atoms with Crippen LogP contribution in [0.3, 0.4) is 0 Å². The monoisotopic (exact) mass is 365 g/mol. The Kier molecular flexibility index (Phi) is 7.09. The van der Waals surface area contributed by atoms with Gasteiger partial charge in [-0.05, 0) is 56.2 Å². The van der Waals surface area contributed by atoms with Crippen LogP contribution in [0.2, 0.25) is 4.34 Å². The molecule has 2 rings (SSSR count). The highest BCUT2D eigenvalue weighted by atomic mass is 35.5. The first-order valence-electron chi connectivity index (χ1n) is 7.92. The van der Waals surface area contributed by atoms with E-state index in [0.29, 0.717) is 25.5 Å². The lowest BCUT2D eigenvalue weighted by Crippen LogP contribution is -2.35. The van der Waals surface area contributed by atoms with E-state index in [4.69, 9.17) is 21.7 Å². The normalized spacial score (nSPS) is 12.0. The maximum atomic E-state index is 7.98. The number of amidine groups is 1. The van der Waals surface area contributed by atoms with Crippen molar-refractivity contribution in [3.8, 4) is 0 Å². The highest BCUT2D eigenvalue weighted by molar-refractivity contribution is 7.16. The molecule has 2 aromatic rings. The van der Waals surface area contributed by atoms with E-state index in [-0.39, 0.29) is 6.10 Å². The van der Waals surface area contributed by atoms with Crippen molar-refractivity contribution in [2.24, 2.45) is 0 Å². The first kappa shape index (κ1) is 18.8. The number of hydrogen-bond donors (Lipinski definition) is 3. The van der Waals surface area contributed by atoms with E-state index < -0.39 is 0 Å². The van der Waals surface area contributed by atoms with Gasteiger partial charge < -0.3 is 15.4 Å². The fraction of sp³-hybridized carbons (Fsp3) is 0.389. The number of ether oxygens (including phenoxy) is 1. The minimum absolute atomic E-state index is 0.0212. The molecule has 0 aliphatic rings. The van der Waals surface area contributed by atoms with Crippen LogP contribution in [-0.2, 0) is 11.3 Å². The molecule has 0 radical (unpaired) electrons. The summed E-state index contributed by atoms with van der Waals surface area (Å²) in [5.74, 6) is 0.447. The molecule has 1 atom stereocenters. The average Bonchev–Trinajstić information content (AvgIpc) is 2.97. The van der Waals surface area contributed by atoms with Gasteiger partial charge in [-0.2, -0.15) is 0 Å². The van der Waals surface area contributed by atoms with Gasteiger partial charge in [-0.1, -0.05) is 17.7 Å². The largest absolute Gasteiger partial charge is 0.378 e. The summed E-state index contributed by atoms with van der Waals surface area (Å²) >= 11 is 7.43. The first-order chi connectivity index (χ1) is 11.4. The van der Waals surface area contributed by atoms with Crippen molar-refractivity contribution >= 4 is 34.5 Å². The summed E-state index contributed by atoms with van der Waals surface area (Å²) in [6, 6.07) is 10.1. The number of benzene rings is 1. The summed E-state index contributed by atoms with van der Waals surface area (Å²) in [6.45, 7) is 7.79. The van der Waals surface area contributed by atoms with Gasteiger partial charge in [0.05, 0.1) is 23.6 Å². The van der Waals surface area contributed by atoms with Crippen molar-refractivity contribution in [3.63, 3.8) is 0 Å². The highest BCUT2D eigenvalue weighted by Crippen LogP contribution is 2.22. The second-order valence-electron chi connectivity index (χ2n) is 5.84. The highest BCUT2D eigenvalue weighted by Gasteiger charge is 2.06. The molecule has 1 aromatic heterocycles. The van der Waals surface area contributed by atoms with Crippen molar-refractivity contribution in [2.45, 2.75) is 33.5 Å². The zero-order chi connectivity index (χ0) is 17.5. The van der Waals surface area contributed by atoms with E-state index in [1.54, 1.807) is 0 Å². The van der Waals surface area contributed by atoms with E-state index in [1.165, 1.54) is 22.5 Å². The van der Waals surface area contributed by atoms with Gasteiger partial charge in [0.1, 0.15) is 5.84 Å². The lowest BCUT2D eigenvalue weighted by atomic mass is 10.1. The van der Waals surface area contributed by atoms with Gasteiger partial charge in [0.15, 0.2) is 0 Å². The summed E-state index contributed by atoms with van der Waals surface area (Å²) in [5.41, 5.74) is 3.55. The van der Waals surface area contributed by atoms with Crippen molar-refractivity contribution in [1.29, 1.82) is 5.41 Å². The molecule has 0 bridgehead atoms. The zero-order valence-electron chi connectivity index (χ0n) is 14.3. The number of anilines is 1. The molecule has 24 heavy (non-hydrogen) atoms. The lowest BCUT2D eigenvalue weighted by Gasteiger charge is -2.15. The fourth-order valence-corrected chi connectivity index (χ4v) is 3.09. The van der Waals surface area contributed by atoms with Crippen LogP contribution < -0.4 is 10.6 Å². The molecule has 0 saturated heterocycles. The molecule has 1 heterocycles. The lowest BCUT2D eigenvalue weighted by molar-refractivity contribution is 0.0577. The van der Waals surface area contributed by atoms with Crippen molar-refractivity contribution in [3.05, 3.63) is 50.7 Å². The number of nitrogens with one attached hydrogen (secondary N) is 3. The van der Waals surface area contributed by atoms with Gasteiger partial charge in [-0.15, -0.1) is 11.3 Å². The van der Waals surface area contributed by atoms with Crippen molar-refractivity contribution in [1.82, 2.24) is 5.32 Å². The Hall–Kier alpha value is -1.56. The quantitative estimate of drug-likeness (QED) is 0.473. The molecule has 0 aliphatic heterocycles. The number of hydrogen-bond acceptors (Lipinski definition) is 4. The number of thiophene rings is 1. The summed E-state index contributed by atoms with van der Waals surface area (Å²) in [5, 5.41) is 14.3. The average molecular weight is 366 g/mol. The summed E-state index contributed by atoms with van der Waals surface area (Å²) < 4.78 is 6.53. The van der Waals surface area contributed by atoms with Gasteiger partial charge in [0.25, 0.3) is 0 Å². The number of rotatable bonds is 8. The molecule has 0 aliphatic carbocycles. The van der Waals surface area contributed by atoms with Crippen LogP contribution in [0, 0.1) is 19.3 Å². The predicted molar refractivity (Wildman–Crippen MR) is 104 cm³/mol. The first-order valence-corrected chi connectivity index (χ1v) is 9.11. The van der Waals surface area contributed by atoms with Crippen LogP contribution in [0.5, 0.6) is 0 Å². The Balaban J connectivity index is 1.65. The fourth-order valence-electron chi connectivity index (χ4n) is 2.08. The van der Waals surface area contributed by atoms with Gasteiger partial charge in [-0.3, -0.25) is 5.41 Å². The minimum Gasteiger partial charge on any atom is -0.378 e. The molecular weight excluding hydrogens is 342 g/mol. The van der Waals surface area contributed by atoms with E-state index in [2.05, 4.69) is 36.6 Å². The van der Waals surface area contributed by atoms with Gasteiger partial charge in [0, 0.05) is 17.1 Å². The van der Waals surface area contributed by atoms with E-state index in [0.717, 1.165) is 14.9 Å². The summed E-state index contributed by atoms with van der Waals surface area (Å²) in [6.07, 6.45) is 0.0212. The standard InChI is InChI=1S/C18H24ClN3OS/c1-12-4-5-15(8-13(12)2)21-10-18(20)22-9-14(3)23-11-16-6-7-17(19)24-16/h4-8,14,21H,9-11H2,1-3H3,(H2,20,22). The zero-order valence-corrected chi connectivity index (χ0v) is 15.9. The van der Waals surface area contributed by atoms with Crippen LogP contribution >= 0.6 is 22.9 Å². The molecule has 0 amide bonds. The van der Waals surface area contributed by atoms with Crippen molar-refractivity contribution < 1.29 is 4.74 Å². The topological polar surface area (TPSA) is 57.1 Å². The van der Waals surface area contributed by atoms with Crippen LogP contribution in [0.1, 0.15) is 22.9 Å². The van der Waals surface area contributed by atoms with E-state index in [9.17, 15) is 0 Å². The van der Waals surface area contributed by atoms with Gasteiger partial charge >= 0.3 is 0 Å². The van der Waals surface area contributed by atoms with Crippen LogP contribution in [0.25, 0.3) is 0 Å². The Morgan fingerprint density at radius 3 is 2.71 bits per heavy atom. The van der Waals surface area contributed by atoms with Crippen molar-refractivity contribution in [2.75, 3.05) is 18.4 Å². The number of halogens is 1. The molecule has 0 spiro atoms. The second-order valence-corrected chi connectivity index (χ2v) is 7.64. The Bertz CT molecular complexity index is 687. The summed E-state index contributed by atoms with van der Waals surface area (Å²) in [4.78, 5) is 1.11. The molecule has 1 unspecified atom stereocenters. The van der Waals surface area contributed by atoms with Gasteiger partial charge in [-0.25, -0.2) is 0 Å². The minimum atomic E-state index is 0.0212. The molecule has 3 N–H and O–H groups in total. The Morgan fingerprint density at radius 2 is 2.04 bits per heavy atom. The molecule has 130 valence electrons. The third-order valence-corrected chi connectivity index (χ3v) is 4.92. The predicted octanol–water partition coefficient (Wildman–Crippen LogP) is 4.60. The Labute approximate surface area is 152 Å². The molecule has 0 fully saturated rings. The molecule has 0 saturated carbocycles. The van der Waals surface area contributed by atoms with Crippen LogP contribution in [-0.4, -0.2) is 25.0 Å². The second kappa shape index (κ2) is 9.06. The molecular formula is C18H24ClN3OS. The van der Waals surface area contributed by atoms with E-state index >= 15 is 0 Å². The Morgan fingerprint density at radius 1 is 1.25 bits per heavy atom. The molecule has 1 aromatic carbocycles. The van der Waals surface area contributed by atoms with Crippen LogP contribution in [0.4, 0.5) is 5.69 Å². The third-order valence-electron chi connectivity index (χ3n) is 3.72.